The zero-order valence-electron chi connectivity index (χ0n) is 17.6. The highest BCUT2D eigenvalue weighted by molar-refractivity contribution is 5.85. The van der Waals surface area contributed by atoms with E-state index >= 15 is 0 Å². The van der Waals surface area contributed by atoms with Crippen LogP contribution in [-0.4, -0.2) is 40.8 Å². The Hall–Kier alpha value is -1.37. The van der Waals surface area contributed by atoms with Crippen molar-refractivity contribution in [3.05, 3.63) is 34.1 Å². The van der Waals surface area contributed by atoms with Gasteiger partial charge in [-0.05, 0) is 77.0 Å². The maximum atomic E-state index is 14.2. The van der Waals surface area contributed by atoms with E-state index < -0.39 is 11.6 Å². The minimum absolute atomic E-state index is 0. The minimum Gasteiger partial charge on any atom is -0.405 e. The number of piperidine rings is 1. The van der Waals surface area contributed by atoms with Crippen molar-refractivity contribution in [2.45, 2.75) is 77.0 Å². The Morgan fingerprint density at radius 2 is 1.86 bits per heavy atom. The van der Waals surface area contributed by atoms with Gasteiger partial charge >= 0.3 is 5.76 Å². The van der Waals surface area contributed by atoms with Crippen LogP contribution in [0.5, 0.6) is 0 Å². The molecule has 1 saturated heterocycles. The second-order valence-corrected chi connectivity index (χ2v) is 8.70. The van der Waals surface area contributed by atoms with Gasteiger partial charge < -0.3 is 9.15 Å². The summed E-state index contributed by atoms with van der Waals surface area (Å²) in [5.74, 6) is -0.900. The fraction of sp³-hybridized carbons (Fsp3) is 0.682. The number of aryl methyl sites for hydroxylation is 1. The van der Waals surface area contributed by atoms with Crippen LogP contribution in [0.15, 0.2) is 21.3 Å². The second kappa shape index (κ2) is 8.78. The molecule has 0 spiro atoms. The maximum Gasteiger partial charge on any atom is 0.420 e. The van der Waals surface area contributed by atoms with Gasteiger partial charge in [0, 0.05) is 31.3 Å². The van der Waals surface area contributed by atoms with Crippen LogP contribution in [0.25, 0.3) is 11.1 Å². The van der Waals surface area contributed by atoms with Crippen LogP contribution in [-0.2, 0) is 4.74 Å². The Labute approximate surface area is 177 Å². The number of ether oxygens (including phenoxy) is 1. The average Bonchev–Trinajstić information content (AvgIpc) is 3.00. The number of benzene rings is 1. The van der Waals surface area contributed by atoms with E-state index in [1.54, 1.807) is 4.57 Å². The summed E-state index contributed by atoms with van der Waals surface area (Å²) in [5.41, 5.74) is 1.68. The third-order valence-corrected chi connectivity index (χ3v) is 6.82. The Kier molecular flexibility index (Phi) is 6.76. The molecule has 7 heteroatoms. The number of aromatic nitrogens is 1. The first-order valence-corrected chi connectivity index (χ1v) is 10.6. The average molecular weight is 427 g/mol. The largest absolute Gasteiger partial charge is 0.420 e. The number of oxazole rings is 1. The Morgan fingerprint density at radius 3 is 2.48 bits per heavy atom. The summed E-state index contributed by atoms with van der Waals surface area (Å²) in [6, 6.07) is 3.33. The highest BCUT2D eigenvalue weighted by atomic mass is 35.5. The van der Waals surface area contributed by atoms with Gasteiger partial charge in [0.05, 0.1) is 11.6 Å². The normalized spacial score (nSPS) is 26.6. The van der Waals surface area contributed by atoms with Crippen molar-refractivity contribution in [1.82, 2.24) is 9.47 Å². The van der Waals surface area contributed by atoms with Crippen LogP contribution in [0.3, 0.4) is 0 Å². The lowest BCUT2D eigenvalue weighted by molar-refractivity contribution is -0.0274. The molecule has 1 aromatic heterocycles. The van der Waals surface area contributed by atoms with Crippen molar-refractivity contribution in [3.63, 3.8) is 0 Å². The van der Waals surface area contributed by atoms with Crippen molar-refractivity contribution >= 4 is 23.5 Å². The van der Waals surface area contributed by atoms with Gasteiger partial charge in [-0.1, -0.05) is 0 Å². The van der Waals surface area contributed by atoms with Crippen molar-refractivity contribution in [2.75, 3.05) is 19.7 Å². The first kappa shape index (κ1) is 22.3. The number of nitrogens with zero attached hydrogens (tertiary/aromatic N) is 2. The van der Waals surface area contributed by atoms with Gasteiger partial charge in [0.15, 0.2) is 11.4 Å². The Morgan fingerprint density at radius 1 is 1.21 bits per heavy atom. The van der Waals surface area contributed by atoms with Crippen molar-refractivity contribution in [1.29, 1.82) is 0 Å². The molecule has 0 unspecified atom stereocenters. The lowest BCUT2D eigenvalue weighted by Crippen LogP contribution is -2.52. The number of rotatable bonds is 4. The summed E-state index contributed by atoms with van der Waals surface area (Å²) >= 11 is 0. The number of fused-ring (bicyclic) bond motifs is 1. The van der Waals surface area contributed by atoms with E-state index in [0.717, 1.165) is 63.8 Å². The van der Waals surface area contributed by atoms with Crippen molar-refractivity contribution in [3.8, 4) is 0 Å². The van der Waals surface area contributed by atoms with Crippen LogP contribution in [0, 0.1) is 12.7 Å². The SMILES string of the molecule is CCO[C@H]1CC[C@](C)(N2CCC(n3c(=O)oc4c(F)cc(C)cc43)CC2)CC1.Cl. The molecule has 0 atom stereocenters. The smallest absolute Gasteiger partial charge is 0.405 e. The molecular formula is C22H32ClFN2O3. The van der Waals surface area contributed by atoms with Gasteiger partial charge in [0.2, 0.25) is 0 Å². The molecule has 0 amide bonds. The quantitative estimate of drug-likeness (QED) is 0.701. The predicted octanol–water partition coefficient (Wildman–Crippen LogP) is 4.84. The number of hydrogen-bond acceptors (Lipinski definition) is 4. The van der Waals surface area contributed by atoms with E-state index in [0.29, 0.717) is 11.6 Å². The summed E-state index contributed by atoms with van der Waals surface area (Å²) in [5, 5.41) is 0. The summed E-state index contributed by atoms with van der Waals surface area (Å²) < 4.78 is 26.9. The first-order chi connectivity index (χ1) is 13.4. The molecule has 2 heterocycles. The van der Waals surface area contributed by atoms with Gasteiger partial charge in [-0.2, -0.15) is 0 Å². The zero-order valence-corrected chi connectivity index (χ0v) is 18.4. The summed E-state index contributed by atoms with van der Waals surface area (Å²) in [7, 11) is 0. The summed E-state index contributed by atoms with van der Waals surface area (Å²) in [4.78, 5) is 15.0. The molecule has 0 bridgehead atoms. The third kappa shape index (κ3) is 4.25. The Balaban J connectivity index is 0.00000240. The molecule has 29 heavy (non-hydrogen) atoms. The van der Waals surface area contributed by atoms with Crippen molar-refractivity contribution < 1.29 is 13.5 Å². The van der Waals surface area contributed by atoms with E-state index in [2.05, 4.69) is 18.7 Å². The van der Waals surface area contributed by atoms with Gasteiger partial charge in [-0.25, -0.2) is 9.18 Å². The van der Waals surface area contributed by atoms with Crippen LogP contribution in [0.4, 0.5) is 4.39 Å². The molecule has 2 aliphatic rings. The number of hydrogen-bond donors (Lipinski definition) is 0. The van der Waals surface area contributed by atoms with E-state index in [9.17, 15) is 9.18 Å². The van der Waals surface area contributed by atoms with Crippen molar-refractivity contribution in [2.24, 2.45) is 0 Å². The number of likely N-dealkylation sites (tertiary alicyclic amines) is 1. The monoisotopic (exact) mass is 426 g/mol. The fourth-order valence-electron chi connectivity index (χ4n) is 5.17. The van der Waals surface area contributed by atoms with Crippen LogP contribution in [0.2, 0.25) is 0 Å². The molecule has 1 aliphatic heterocycles. The van der Waals surface area contributed by atoms with Crippen LogP contribution >= 0.6 is 12.4 Å². The molecule has 2 fully saturated rings. The topological polar surface area (TPSA) is 47.6 Å². The molecule has 0 N–H and O–H groups in total. The zero-order chi connectivity index (χ0) is 19.9. The molecule has 1 aromatic carbocycles. The number of halogens is 2. The van der Waals surface area contributed by atoms with E-state index in [-0.39, 0.29) is 29.6 Å². The van der Waals surface area contributed by atoms with Crippen LogP contribution in [0.1, 0.15) is 64.0 Å². The lowest BCUT2D eigenvalue weighted by Gasteiger charge is -2.48. The lowest BCUT2D eigenvalue weighted by atomic mass is 9.79. The fourth-order valence-corrected chi connectivity index (χ4v) is 5.17. The van der Waals surface area contributed by atoms with E-state index in [1.807, 2.05) is 13.0 Å². The van der Waals surface area contributed by atoms with Gasteiger partial charge in [-0.3, -0.25) is 9.47 Å². The first-order valence-electron chi connectivity index (χ1n) is 10.6. The van der Waals surface area contributed by atoms with Gasteiger partial charge in [0.25, 0.3) is 0 Å². The summed E-state index contributed by atoms with van der Waals surface area (Å²) in [6.45, 7) is 8.97. The molecule has 4 rings (SSSR count). The minimum atomic E-state index is -0.457. The third-order valence-electron chi connectivity index (χ3n) is 6.82. The Bertz CT molecular complexity index is 893. The second-order valence-electron chi connectivity index (χ2n) is 8.70. The molecule has 2 aromatic rings. The standard InChI is InChI=1S/C22H31FN2O3.ClH/c1-4-27-17-5-9-22(3,10-6-17)24-11-7-16(8-12-24)25-19-14-15(2)13-18(23)20(19)28-21(25)26;/h13-14,16-17H,4-12H2,1-3H3;1H/t17-,22-;. The molecule has 1 aliphatic carbocycles. The van der Waals surface area contributed by atoms with E-state index in [4.69, 9.17) is 9.15 Å². The molecule has 1 saturated carbocycles. The molecule has 0 radical (unpaired) electrons. The molecule has 162 valence electrons. The molecular weight excluding hydrogens is 395 g/mol. The highest BCUT2D eigenvalue weighted by Crippen LogP contribution is 2.38. The highest BCUT2D eigenvalue weighted by Gasteiger charge is 2.38. The van der Waals surface area contributed by atoms with Gasteiger partial charge in [-0.15, -0.1) is 12.4 Å². The molecule has 5 nitrogen and oxygen atoms in total. The summed E-state index contributed by atoms with van der Waals surface area (Å²) in [6.07, 6.45) is 6.72. The van der Waals surface area contributed by atoms with E-state index in [1.165, 1.54) is 6.07 Å². The predicted molar refractivity (Wildman–Crippen MR) is 115 cm³/mol. The maximum absolute atomic E-state index is 14.2. The van der Waals surface area contributed by atoms with Gasteiger partial charge in [0.1, 0.15) is 0 Å². The van der Waals surface area contributed by atoms with Crippen LogP contribution < -0.4 is 5.76 Å².